The van der Waals surface area contributed by atoms with Crippen LogP contribution in [-0.4, -0.2) is 71.6 Å². The molecule has 0 amide bonds. The van der Waals surface area contributed by atoms with E-state index < -0.39 is 29.8 Å². The first-order chi connectivity index (χ1) is 10.4. The fourth-order valence-electron chi connectivity index (χ4n) is 2.50. The molecule has 0 saturated heterocycles. The van der Waals surface area contributed by atoms with Gasteiger partial charge in [-0.1, -0.05) is 6.42 Å². The Bertz CT molecular complexity index is 429. The molecule has 2 atom stereocenters. The Kier molecular flexibility index (Phi) is 8.58. The topological polar surface area (TPSA) is 118 Å². The number of carboxylic acid groups (broad SMARTS) is 1. The average molecular weight is 331 g/mol. The minimum Gasteiger partial charge on any atom is -0.481 e. The van der Waals surface area contributed by atoms with Crippen molar-refractivity contribution in [2.75, 3.05) is 27.7 Å². The van der Waals surface area contributed by atoms with E-state index in [4.69, 9.17) is 10.8 Å². The van der Waals surface area contributed by atoms with Gasteiger partial charge in [0.25, 0.3) is 0 Å². The maximum absolute atomic E-state index is 12.3. The predicted octanol–water partition coefficient (Wildman–Crippen LogP) is 0.334. The van der Waals surface area contributed by atoms with Gasteiger partial charge in [0.1, 0.15) is 12.3 Å². The molecule has 0 spiro atoms. The molecule has 4 N–H and O–H groups in total. The third kappa shape index (κ3) is 9.43. The molecule has 7 nitrogen and oxygen atoms in total. The zero-order valence-electron chi connectivity index (χ0n) is 14.7. The Balaban J connectivity index is 4.45. The summed E-state index contributed by atoms with van der Waals surface area (Å²) in [4.78, 5) is 34.6. The van der Waals surface area contributed by atoms with E-state index in [2.05, 4.69) is 0 Å². The van der Waals surface area contributed by atoms with Crippen LogP contribution in [0.15, 0.2) is 0 Å². The fraction of sp³-hybridized carbons (Fsp3) is 0.812. The monoisotopic (exact) mass is 331 g/mol. The van der Waals surface area contributed by atoms with E-state index in [1.807, 2.05) is 0 Å². The SMILES string of the molecule is CC(N)C(=O)CCCCCC(=O)C(O)(CC(=O)O)C[N+](C)(C)C. The number of rotatable bonds is 12. The molecular weight excluding hydrogens is 300 g/mol. The number of aliphatic hydroxyl groups is 1. The smallest absolute Gasteiger partial charge is 0.306 e. The van der Waals surface area contributed by atoms with Crippen LogP contribution in [0.3, 0.4) is 0 Å². The molecule has 0 aliphatic rings. The second kappa shape index (κ2) is 9.10. The van der Waals surface area contributed by atoms with E-state index in [9.17, 15) is 19.5 Å². The van der Waals surface area contributed by atoms with E-state index in [1.54, 1.807) is 28.1 Å². The van der Waals surface area contributed by atoms with E-state index in [-0.39, 0.29) is 18.7 Å². The lowest BCUT2D eigenvalue weighted by Gasteiger charge is -2.33. The largest absolute Gasteiger partial charge is 0.481 e. The summed E-state index contributed by atoms with van der Waals surface area (Å²) in [6.45, 7) is 1.68. The average Bonchev–Trinajstić information content (AvgIpc) is 2.34. The van der Waals surface area contributed by atoms with Crippen molar-refractivity contribution in [3.8, 4) is 0 Å². The maximum Gasteiger partial charge on any atom is 0.306 e. The summed E-state index contributed by atoms with van der Waals surface area (Å²) in [5, 5.41) is 19.4. The second-order valence-corrected chi connectivity index (χ2v) is 7.29. The van der Waals surface area contributed by atoms with Crippen LogP contribution in [0.4, 0.5) is 0 Å². The summed E-state index contributed by atoms with van der Waals surface area (Å²) >= 11 is 0. The number of quaternary nitrogens is 1. The molecule has 0 bridgehead atoms. The van der Waals surface area contributed by atoms with Crippen LogP contribution in [0.25, 0.3) is 0 Å². The van der Waals surface area contributed by atoms with E-state index >= 15 is 0 Å². The van der Waals surface area contributed by atoms with E-state index in [0.29, 0.717) is 30.2 Å². The quantitative estimate of drug-likeness (QED) is 0.350. The number of unbranched alkanes of at least 4 members (excludes halogenated alkanes) is 2. The van der Waals surface area contributed by atoms with Crippen LogP contribution >= 0.6 is 0 Å². The summed E-state index contributed by atoms with van der Waals surface area (Å²) in [7, 11) is 5.37. The Morgan fingerprint density at radius 3 is 2.04 bits per heavy atom. The molecule has 0 fully saturated rings. The number of hydrogen-bond donors (Lipinski definition) is 3. The molecule has 7 heteroatoms. The number of nitrogens with two attached hydrogens (primary N) is 1. The van der Waals surface area contributed by atoms with Crippen molar-refractivity contribution in [3.63, 3.8) is 0 Å². The van der Waals surface area contributed by atoms with Gasteiger partial charge < -0.3 is 20.4 Å². The highest BCUT2D eigenvalue weighted by Crippen LogP contribution is 2.19. The van der Waals surface area contributed by atoms with Crippen LogP contribution in [0, 0.1) is 0 Å². The maximum atomic E-state index is 12.3. The molecule has 134 valence electrons. The Hall–Kier alpha value is -1.31. The highest BCUT2D eigenvalue weighted by molar-refractivity contribution is 5.91. The number of Topliss-reactive ketones (excluding diaryl/α,β-unsaturated/α-hetero) is 2. The van der Waals surface area contributed by atoms with Gasteiger partial charge in [0, 0.05) is 12.8 Å². The molecule has 2 unspecified atom stereocenters. The van der Waals surface area contributed by atoms with Crippen LogP contribution in [0.1, 0.15) is 45.4 Å². The first-order valence-electron chi connectivity index (χ1n) is 7.93. The summed E-state index contributed by atoms with van der Waals surface area (Å²) < 4.78 is 0.290. The van der Waals surface area contributed by atoms with Crippen LogP contribution < -0.4 is 5.73 Å². The number of likely N-dealkylation sites (N-methyl/N-ethyl adjacent to an activating group) is 1. The number of nitrogens with zero attached hydrogens (tertiary/aromatic N) is 1. The van der Waals surface area contributed by atoms with Crippen molar-refractivity contribution < 1.29 is 29.1 Å². The molecule has 0 aromatic rings. The van der Waals surface area contributed by atoms with E-state index in [1.165, 1.54) is 0 Å². The normalized spacial score (nSPS) is 15.7. The molecule has 0 heterocycles. The van der Waals surface area contributed by atoms with Crippen molar-refractivity contribution >= 4 is 17.5 Å². The molecule has 0 aromatic carbocycles. The fourth-order valence-corrected chi connectivity index (χ4v) is 2.50. The molecular formula is C16H31N2O5+. The first-order valence-corrected chi connectivity index (χ1v) is 7.93. The van der Waals surface area contributed by atoms with Gasteiger partial charge in [0.2, 0.25) is 0 Å². The lowest BCUT2D eigenvalue weighted by atomic mass is 9.89. The van der Waals surface area contributed by atoms with Gasteiger partial charge in [-0.05, 0) is 19.8 Å². The second-order valence-electron chi connectivity index (χ2n) is 7.29. The number of hydrogen-bond acceptors (Lipinski definition) is 5. The van der Waals surface area contributed by atoms with Gasteiger partial charge in [0.15, 0.2) is 11.4 Å². The molecule has 0 saturated carbocycles. The van der Waals surface area contributed by atoms with Gasteiger partial charge >= 0.3 is 5.97 Å². The summed E-state index contributed by atoms with van der Waals surface area (Å²) in [5.41, 5.74) is 3.61. The highest BCUT2D eigenvalue weighted by Gasteiger charge is 2.42. The third-order valence-corrected chi connectivity index (χ3v) is 3.53. The first kappa shape index (κ1) is 21.7. The Labute approximate surface area is 138 Å². The Morgan fingerprint density at radius 1 is 1.09 bits per heavy atom. The number of carboxylic acids is 1. The minimum absolute atomic E-state index is 0.0104. The van der Waals surface area contributed by atoms with Crippen molar-refractivity contribution in [2.24, 2.45) is 5.73 Å². The summed E-state index contributed by atoms with van der Waals surface area (Å²) in [6.07, 6.45) is 1.72. The predicted molar refractivity (Wildman–Crippen MR) is 86.9 cm³/mol. The van der Waals surface area contributed by atoms with Gasteiger partial charge in [-0.25, -0.2) is 0 Å². The van der Waals surface area contributed by atoms with Gasteiger partial charge in [-0.2, -0.15) is 0 Å². The molecule has 0 radical (unpaired) electrons. The summed E-state index contributed by atoms with van der Waals surface area (Å²) in [5.74, 6) is -1.66. The number of carbonyl (C=O) groups is 3. The molecule has 0 aliphatic carbocycles. The summed E-state index contributed by atoms with van der Waals surface area (Å²) in [6, 6.07) is -0.471. The van der Waals surface area contributed by atoms with Crippen molar-refractivity contribution in [1.29, 1.82) is 0 Å². The minimum atomic E-state index is -1.86. The standard InChI is InChI=1S/C16H30N2O5/c1-12(17)13(19)8-6-5-7-9-14(20)16(23,10-15(21)22)11-18(2,3)4/h12,23H,5-11,17H2,1-4H3/p+1. The highest BCUT2D eigenvalue weighted by atomic mass is 16.4. The van der Waals surface area contributed by atoms with Gasteiger partial charge in [0.05, 0.1) is 33.6 Å². The zero-order chi connectivity index (χ0) is 18.3. The Morgan fingerprint density at radius 2 is 1.61 bits per heavy atom. The molecule has 0 aliphatic heterocycles. The van der Waals surface area contributed by atoms with Crippen LogP contribution in [0.5, 0.6) is 0 Å². The lowest BCUT2D eigenvalue weighted by molar-refractivity contribution is -0.875. The van der Waals surface area contributed by atoms with Crippen molar-refractivity contribution in [2.45, 2.75) is 57.1 Å². The van der Waals surface area contributed by atoms with Crippen molar-refractivity contribution in [3.05, 3.63) is 0 Å². The number of ketones is 2. The van der Waals surface area contributed by atoms with Crippen molar-refractivity contribution in [1.82, 2.24) is 0 Å². The number of aliphatic carboxylic acids is 1. The number of carbonyl (C=O) groups excluding carboxylic acids is 2. The molecule has 0 aromatic heterocycles. The van der Waals surface area contributed by atoms with Gasteiger partial charge in [-0.3, -0.25) is 14.4 Å². The molecule has 23 heavy (non-hydrogen) atoms. The molecule has 0 rings (SSSR count). The van der Waals surface area contributed by atoms with Gasteiger partial charge in [-0.15, -0.1) is 0 Å². The third-order valence-electron chi connectivity index (χ3n) is 3.53. The van der Waals surface area contributed by atoms with Crippen LogP contribution in [0.2, 0.25) is 0 Å². The van der Waals surface area contributed by atoms with E-state index in [0.717, 1.165) is 0 Å². The lowest BCUT2D eigenvalue weighted by Crippen LogP contribution is -2.54. The zero-order valence-corrected chi connectivity index (χ0v) is 14.7. The van der Waals surface area contributed by atoms with Crippen LogP contribution in [-0.2, 0) is 14.4 Å².